The van der Waals surface area contributed by atoms with Gasteiger partial charge in [0.05, 0.1) is 0 Å². The number of carbonyl (C=O) groups is 2. The lowest BCUT2D eigenvalue weighted by Gasteiger charge is -2.36. The van der Waals surface area contributed by atoms with Crippen molar-refractivity contribution in [2.24, 2.45) is 0 Å². The number of benzene rings is 2. The van der Waals surface area contributed by atoms with Crippen molar-refractivity contribution in [3.05, 3.63) is 65.7 Å². The molecule has 156 valence electrons. The van der Waals surface area contributed by atoms with Gasteiger partial charge in [0.2, 0.25) is 0 Å². The highest BCUT2D eigenvalue weighted by molar-refractivity contribution is 6.04. The molecule has 2 aromatic rings. The zero-order chi connectivity index (χ0) is 20.5. The first-order valence-corrected chi connectivity index (χ1v) is 10.9. The van der Waals surface area contributed by atoms with E-state index < -0.39 is 0 Å². The number of anilines is 1. The Morgan fingerprint density at radius 2 is 1.50 bits per heavy atom. The van der Waals surface area contributed by atoms with Gasteiger partial charge in [0.25, 0.3) is 5.91 Å². The average Bonchev–Trinajstić information content (AvgIpc) is 3.03. The second-order valence-corrected chi connectivity index (χ2v) is 8.41. The first-order valence-electron chi connectivity index (χ1n) is 10.9. The van der Waals surface area contributed by atoms with Gasteiger partial charge in [0.1, 0.15) is 6.04 Å². The summed E-state index contributed by atoms with van der Waals surface area (Å²) in [6, 6.07) is 18.2. The summed E-state index contributed by atoms with van der Waals surface area (Å²) in [7, 11) is 0. The van der Waals surface area contributed by atoms with Crippen LogP contribution in [-0.2, 0) is 17.8 Å². The molecule has 1 atom stereocenters. The molecular formula is C24H28N4O2. The summed E-state index contributed by atoms with van der Waals surface area (Å²) in [6.45, 7) is 6.04. The van der Waals surface area contributed by atoms with Gasteiger partial charge in [-0.25, -0.2) is 4.79 Å². The summed E-state index contributed by atoms with van der Waals surface area (Å²) in [5, 5.41) is 0. The maximum Gasteiger partial charge on any atom is 0.327 e. The monoisotopic (exact) mass is 404 g/mol. The van der Waals surface area contributed by atoms with Gasteiger partial charge in [-0.2, -0.15) is 0 Å². The molecule has 6 nitrogen and oxygen atoms in total. The van der Waals surface area contributed by atoms with Crippen molar-refractivity contribution >= 4 is 17.6 Å². The first kappa shape index (κ1) is 19.1. The van der Waals surface area contributed by atoms with E-state index in [0.717, 1.165) is 44.7 Å². The highest BCUT2D eigenvalue weighted by Crippen LogP contribution is 2.30. The van der Waals surface area contributed by atoms with Gasteiger partial charge in [0.15, 0.2) is 0 Å². The summed E-state index contributed by atoms with van der Waals surface area (Å²) < 4.78 is 0. The summed E-state index contributed by atoms with van der Waals surface area (Å²) >= 11 is 0. The average molecular weight is 405 g/mol. The summed E-state index contributed by atoms with van der Waals surface area (Å²) in [6.07, 6.45) is 1.47. The molecule has 3 amide bonds. The summed E-state index contributed by atoms with van der Waals surface area (Å²) in [5.74, 6) is -0.0246. The quantitative estimate of drug-likeness (QED) is 0.719. The van der Waals surface area contributed by atoms with E-state index in [-0.39, 0.29) is 18.0 Å². The van der Waals surface area contributed by atoms with Crippen LogP contribution in [0, 0.1) is 0 Å². The predicted molar refractivity (Wildman–Crippen MR) is 116 cm³/mol. The van der Waals surface area contributed by atoms with Crippen LogP contribution in [-0.4, -0.2) is 71.9 Å². The highest BCUT2D eigenvalue weighted by atomic mass is 16.2. The number of fused-ring (bicyclic) bond motifs is 2. The standard InChI is InChI=1S/C24H28N4O2/c29-23-22-17-19-7-4-5-8-20(19)18-28(22)24(30)27(23)12-6-11-25-13-15-26(16-14-25)21-9-2-1-3-10-21/h1-5,7-10,22H,6,11-18H2. The van der Waals surface area contributed by atoms with E-state index in [1.165, 1.54) is 16.2 Å². The fraction of sp³-hybridized carbons (Fsp3) is 0.417. The summed E-state index contributed by atoms with van der Waals surface area (Å²) in [4.78, 5) is 33.8. The van der Waals surface area contributed by atoms with Gasteiger partial charge in [-0.3, -0.25) is 14.6 Å². The number of nitrogens with zero attached hydrogens (tertiary/aromatic N) is 4. The molecule has 3 aliphatic rings. The molecule has 2 aromatic carbocycles. The first-order chi connectivity index (χ1) is 14.7. The second-order valence-electron chi connectivity index (χ2n) is 8.41. The van der Waals surface area contributed by atoms with Crippen LogP contribution in [0.25, 0.3) is 0 Å². The van der Waals surface area contributed by atoms with E-state index in [2.05, 4.69) is 46.2 Å². The zero-order valence-electron chi connectivity index (χ0n) is 17.2. The van der Waals surface area contributed by atoms with E-state index in [1.807, 2.05) is 18.2 Å². The van der Waals surface area contributed by atoms with Crippen LogP contribution in [0.15, 0.2) is 54.6 Å². The Morgan fingerprint density at radius 1 is 0.800 bits per heavy atom. The molecule has 3 aliphatic heterocycles. The van der Waals surface area contributed by atoms with E-state index in [1.54, 1.807) is 4.90 Å². The molecule has 0 radical (unpaired) electrons. The van der Waals surface area contributed by atoms with Crippen molar-refractivity contribution in [3.63, 3.8) is 0 Å². The molecule has 1 unspecified atom stereocenters. The van der Waals surface area contributed by atoms with E-state index in [0.29, 0.717) is 19.5 Å². The Labute approximate surface area is 177 Å². The Balaban J connectivity index is 1.12. The van der Waals surface area contributed by atoms with Crippen molar-refractivity contribution in [1.29, 1.82) is 0 Å². The topological polar surface area (TPSA) is 47.1 Å². The van der Waals surface area contributed by atoms with Crippen LogP contribution >= 0.6 is 0 Å². The number of hydrogen-bond acceptors (Lipinski definition) is 4. The molecule has 0 aromatic heterocycles. The van der Waals surface area contributed by atoms with Gasteiger partial charge in [0, 0.05) is 51.4 Å². The van der Waals surface area contributed by atoms with Gasteiger partial charge >= 0.3 is 6.03 Å². The number of amides is 3. The molecule has 0 saturated carbocycles. The minimum absolute atomic E-state index is 0.0246. The molecule has 0 bridgehead atoms. The maximum atomic E-state index is 12.9. The Hall–Kier alpha value is -2.86. The Morgan fingerprint density at radius 3 is 2.27 bits per heavy atom. The van der Waals surface area contributed by atoms with Crippen LogP contribution in [0.4, 0.5) is 10.5 Å². The van der Waals surface area contributed by atoms with Crippen molar-refractivity contribution in [1.82, 2.24) is 14.7 Å². The number of hydrogen-bond donors (Lipinski definition) is 0. The number of carbonyl (C=O) groups excluding carboxylic acids is 2. The van der Waals surface area contributed by atoms with Crippen LogP contribution in [0.5, 0.6) is 0 Å². The third-order valence-electron chi connectivity index (χ3n) is 6.63. The Kier molecular flexibility index (Phi) is 5.17. The zero-order valence-corrected chi connectivity index (χ0v) is 17.2. The lowest BCUT2D eigenvalue weighted by molar-refractivity contribution is -0.128. The molecule has 0 spiro atoms. The van der Waals surface area contributed by atoms with Gasteiger partial charge in [-0.15, -0.1) is 0 Å². The lowest BCUT2D eigenvalue weighted by Crippen LogP contribution is -2.47. The van der Waals surface area contributed by atoms with Crippen LogP contribution in [0.1, 0.15) is 17.5 Å². The molecule has 30 heavy (non-hydrogen) atoms. The van der Waals surface area contributed by atoms with Gasteiger partial charge in [-0.05, 0) is 36.2 Å². The van der Waals surface area contributed by atoms with Crippen LogP contribution < -0.4 is 4.90 Å². The third kappa shape index (κ3) is 3.56. The molecule has 0 aliphatic carbocycles. The maximum absolute atomic E-state index is 12.9. The molecule has 3 heterocycles. The smallest absolute Gasteiger partial charge is 0.327 e. The van der Waals surface area contributed by atoms with E-state index in [9.17, 15) is 9.59 Å². The molecule has 6 heteroatoms. The van der Waals surface area contributed by atoms with Crippen LogP contribution in [0.2, 0.25) is 0 Å². The van der Waals surface area contributed by atoms with Crippen LogP contribution in [0.3, 0.4) is 0 Å². The van der Waals surface area contributed by atoms with E-state index in [4.69, 9.17) is 0 Å². The number of piperazine rings is 1. The fourth-order valence-corrected chi connectivity index (χ4v) is 4.90. The second kappa shape index (κ2) is 8.11. The lowest BCUT2D eigenvalue weighted by atomic mass is 9.95. The van der Waals surface area contributed by atoms with Gasteiger partial charge in [-0.1, -0.05) is 42.5 Å². The molecule has 0 N–H and O–H groups in total. The third-order valence-corrected chi connectivity index (χ3v) is 6.63. The molecule has 2 fully saturated rings. The number of imide groups is 1. The number of urea groups is 1. The van der Waals surface area contributed by atoms with Gasteiger partial charge < -0.3 is 9.80 Å². The van der Waals surface area contributed by atoms with E-state index >= 15 is 0 Å². The summed E-state index contributed by atoms with van der Waals surface area (Å²) in [5.41, 5.74) is 3.63. The minimum atomic E-state index is -0.318. The van der Waals surface area contributed by atoms with Crippen molar-refractivity contribution < 1.29 is 9.59 Å². The largest absolute Gasteiger partial charge is 0.369 e. The highest BCUT2D eigenvalue weighted by Gasteiger charge is 2.46. The molecule has 5 rings (SSSR count). The predicted octanol–water partition coefficient (Wildman–Crippen LogP) is 2.59. The SMILES string of the molecule is O=C1C2Cc3ccccc3CN2C(=O)N1CCCN1CCN(c2ccccc2)CC1. The number of para-hydroxylation sites is 1. The minimum Gasteiger partial charge on any atom is -0.369 e. The molecular weight excluding hydrogens is 376 g/mol. The fourth-order valence-electron chi connectivity index (χ4n) is 4.90. The Bertz CT molecular complexity index is 881. The molecule has 2 saturated heterocycles. The van der Waals surface area contributed by atoms with Crippen molar-refractivity contribution in [3.8, 4) is 0 Å². The number of rotatable bonds is 5. The van der Waals surface area contributed by atoms with Crippen molar-refractivity contribution in [2.75, 3.05) is 44.2 Å². The van der Waals surface area contributed by atoms with Crippen molar-refractivity contribution in [2.45, 2.75) is 25.4 Å². The normalized spacial score (nSPS) is 21.7.